The Hall–Kier alpha value is -3.23. The molecule has 0 bridgehead atoms. The monoisotopic (exact) mass is 742 g/mol. The minimum Gasteiger partial charge on any atom is -0.462 e. The molecular formula is C36H51ClO14. The number of aliphatic hydroxyl groups is 1. The molecule has 14 nitrogen and oxygen atoms in total. The van der Waals surface area contributed by atoms with Crippen LogP contribution < -0.4 is 0 Å². The average molecular weight is 743 g/mol. The second-order valence-electron chi connectivity index (χ2n) is 15.4. The summed E-state index contributed by atoms with van der Waals surface area (Å²) in [6.45, 7) is 17.5. The molecule has 1 spiro atoms. The lowest BCUT2D eigenvalue weighted by Gasteiger charge is -2.60. The molecule has 0 aromatic heterocycles. The van der Waals surface area contributed by atoms with Crippen LogP contribution in [0.2, 0.25) is 0 Å². The topological polar surface area (TPSA) is 191 Å². The second-order valence-corrected chi connectivity index (χ2v) is 15.8. The Morgan fingerprint density at radius 1 is 0.882 bits per heavy atom. The number of epoxide rings is 1. The first-order valence-corrected chi connectivity index (χ1v) is 17.8. The van der Waals surface area contributed by atoms with Crippen molar-refractivity contribution in [2.24, 2.45) is 29.1 Å². The van der Waals surface area contributed by atoms with E-state index in [-0.39, 0.29) is 44.1 Å². The summed E-state index contributed by atoms with van der Waals surface area (Å²) < 4.78 is 42.3. The Balaban J connectivity index is 2.13. The second kappa shape index (κ2) is 15.0. The molecule has 4 aliphatic rings. The van der Waals surface area contributed by atoms with Crippen LogP contribution >= 0.6 is 11.6 Å². The van der Waals surface area contributed by atoms with Gasteiger partial charge in [-0.05, 0) is 31.6 Å². The quantitative estimate of drug-likeness (QED) is 0.119. The standard InChI is InChI=1S/C36H51ClO14/c1-16(2)13-24(41)49-27-30(47-21(8)39)34(10)23(46-20(7)38)12-11-18(5)26(37)29-36(44,19(6)33(43)51-29)32(48-22(9)40)28(34)35(15-45-35)31(27)50-25(42)14-17(3)4/h16-17,19,23,26-32,44H,5,11-15H2,1-4,6-10H3. The van der Waals surface area contributed by atoms with Crippen LogP contribution in [-0.2, 0) is 61.9 Å². The summed E-state index contributed by atoms with van der Waals surface area (Å²) in [5.41, 5.74) is -5.57. The van der Waals surface area contributed by atoms with E-state index < -0.39 is 106 Å². The van der Waals surface area contributed by atoms with Crippen molar-refractivity contribution in [3.05, 3.63) is 12.2 Å². The number of hydrogen-bond acceptors (Lipinski definition) is 14. The summed E-state index contributed by atoms with van der Waals surface area (Å²) >= 11 is 6.90. The van der Waals surface area contributed by atoms with Crippen molar-refractivity contribution in [3.63, 3.8) is 0 Å². The van der Waals surface area contributed by atoms with Gasteiger partial charge in [-0.15, -0.1) is 11.6 Å². The molecule has 1 N–H and O–H groups in total. The van der Waals surface area contributed by atoms with Crippen molar-refractivity contribution in [3.8, 4) is 0 Å². The Labute approximate surface area is 303 Å². The van der Waals surface area contributed by atoms with Crippen LogP contribution in [0.5, 0.6) is 0 Å². The maximum Gasteiger partial charge on any atom is 0.312 e. The summed E-state index contributed by atoms with van der Waals surface area (Å²) in [6.07, 6.45) is -9.16. The number of carbonyl (C=O) groups excluding carboxylic acids is 6. The van der Waals surface area contributed by atoms with Gasteiger partial charge in [0.1, 0.15) is 17.8 Å². The first kappa shape index (κ1) is 40.5. The predicted molar refractivity (Wildman–Crippen MR) is 178 cm³/mol. The van der Waals surface area contributed by atoms with E-state index in [2.05, 4.69) is 6.58 Å². The third-order valence-corrected chi connectivity index (χ3v) is 11.1. The van der Waals surface area contributed by atoms with E-state index in [1.807, 2.05) is 0 Å². The number of halogens is 1. The van der Waals surface area contributed by atoms with Gasteiger partial charge in [-0.2, -0.15) is 0 Å². The molecule has 2 saturated carbocycles. The van der Waals surface area contributed by atoms with E-state index in [0.717, 1.165) is 13.8 Å². The number of carbonyl (C=O) groups is 6. The van der Waals surface area contributed by atoms with Gasteiger partial charge in [0, 0.05) is 39.5 Å². The number of fused-ring (bicyclic) bond motifs is 3. The van der Waals surface area contributed by atoms with Crippen LogP contribution in [0.15, 0.2) is 12.2 Å². The number of hydrogen-bond donors (Lipinski definition) is 1. The molecule has 51 heavy (non-hydrogen) atoms. The normalized spacial score (nSPS) is 39.0. The average Bonchev–Trinajstić information content (AvgIpc) is 3.74. The molecule has 0 amide bonds. The molecule has 2 saturated heterocycles. The van der Waals surface area contributed by atoms with E-state index in [1.54, 1.807) is 34.6 Å². The van der Waals surface area contributed by atoms with Gasteiger partial charge in [0.2, 0.25) is 0 Å². The minimum atomic E-state index is -2.39. The van der Waals surface area contributed by atoms with Crippen LogP contribution in [0.1, 0.15) is 88.0 Å². The van der Waals surface area contributed by atoms with Crippen molar-refractivity contribution < 1.29 is 67.0 Å². The fourth-order valence-corrected chi connectivity index (χ4v) is 8.58. The van der Waals surface area contributed by atoms with Crippen LogP contribution in [-0.4, -0.2) is 101 Å². The van der Waals surface area contributed by atoms with Crippen molar-refractivity contribution in [2.45, 2.75) is 141 Å². The van der Waals surface area contributed by atoms with E-state index in [1.165, 1.54) is 13.8 Å². The lowest BCUT2D eigenvalue weighted by atomic mass is 9.51. The van der Waals surface area contributed by atoms with Gasteiger partial charge < -0.3 is 38.3 Å². The van der Waals surface area contributed by atoms with E-state index in [9.17, 15) is 33.9 Å². The van der Waals surface area contributed by atoms with Crippen LogP contribution in [0, 0.1) is 29.1 Å². The highest BCUT2D eigenvalue weighted by atomic mass is 35.5. The lowest BCUT2D eigenvalue weighted by molar-refractivity contribution is -0.286. The summed E-state index contributed by atoms with van der Waals surface area (Å²) in [7, 11) is 0. The van der Waals surface area contributed by atoms with Gasteiger partial charge >= 0.3 is 35.8 Å². The van der Waals surface area contributed by atoms with Crippen molar-refractivity contribution in [1.82, 2.24) is 0 Å². The van der Waals surface area contributed by atoms with Gasteiger partial charge in [-0.25, -0.2) is 0 Å². The fourth-order valence-electron chi connectivity index (χ4n) is 8.22. The Morgan fingerprint density at radius 3 is 1.88 bits per heavy atom. The van der Waals surface area contributed by atoms with Crippen molar-refractivity contribution in [1.29, 1.82) is 0 Å². The zero-order valence-corrected chi connectivity index (χ0v) is 31.5. The highest BCUT2D eigenvalue weighted by Gasteiger charge is 2.81. The molecule has 0 radical (unpaired) electrons. The predicted octanol–water partition coefficient (Wildman–Crippen LogP) is 3.35. The molecule has 4 fully saturated rings. The van der Waals surface area contributed by atoms with Gasteiger partial charge in [0.15, 0.2) is 30.0 Å². The zero-order chi connectivity index (χ0) is 38.4. The summed E-state index contributed by atoms with van der Waals surface area (Å²) in [5, 5.41) is 11.7. The Morgan fingerprint density at radius 2 is 1.39 bits per heavy atom. The van der Waals surface area contributed by atoms with E-state index >= 15 is 0 Å². The maximum atomic E-state index is 13.5. The molecule has 15 heteroatoms. The summed E-state index contributed by atoms with van der Waals surface area (Å²) in [5.74, 6) is -7.73. The fraction of sp³-hybridized carbons (Fsp3) is 0.778. The van der Waals surface area contributed by atoms with Crippen LogP contribution in [0.4, 0.5) is 0 Å². The number of rotatable bonds is 9. The molecule has 286 valence electrons. The van der Waals surface area contributed by atoms with Crippen LogP contribution in [0.3, 0.4) is 0 Å². The van der Waals surface area contributed by atoms with E-state index in [0.29, 0.717) is 5.57 Å². The molecule has 12 atom stereocenters. The molecule has 12 unspecified atom stereocenters. The molecule has 0 aromatic rings. The summed E-state index contributed by atoms with van der Waals surface area (Å²) in [4.78, 5) is 79.3. The number of esters is 6. The third-order valence-electron chi connectivity index (χ3n) is 10.5. The van der Waals surface area contributed by atoms with Crippen molar-refractivity contribution >= 4 is 47.4 Å². The maximum absolute atomic E-state index is 13.5. The number of ether oxygens (including phenoxy) is 7. The first-order valence-electron chi connectivity index (χ1n) is 17.4. The lowest BCUT2D eigenvalue weighted by Crippen LogP contribution is -2.76. The molecule has 2 aliphatic heterocycles. The summed E-state index contributed by atoms with van der Waals surface area (Å²) in [6, 6.07) is 0. The Kier molecular flexibility index (Phi) is 11.9. The highest BCUT2D eigenvalue weighted by molar-refractivity contribution is 6.23. The Bertz CT molecular complexity index is 1420. The molecule has 2 heterocycles. The van der Waals surface area contributed by atoms with Crippen LogP contribution in [0.25, 0.3) is 0 Å². The highest BCUT2D eigenvalue weighted by Crippen LogP contribution is 2.64. The zero-order valence-electron chi connectivity index (χ0n) is 30.7. The molecule has 0 aromatic carbocycles. The first-order chi connectivity index (χ1) is 23.6. The SMILES string of the molecule is C=C1CCC(OC(C)=O)C2(C)C(OC(C)=O)C(OC(=O)CC(C)C)C(OC(=O)CC(C)C)C3(CO3)C2C(OC(C)=O)C2(O)C(C)C(=O)OC2C1Cl. The van der Waals surface area contributed by atoms with Gasteiger partial charge in [0.05, 0.1) is 23.3 Å². The third kappa shape index (κ3) is 7.64. The van der Waals surface area contributed by atoms with Gasteiger partial charge in [0.25, 0.3) is 0 Å². The molecule has 4 rings (SSSR count). The number of alkyl halides is 1. The van der Waals surface area contributed by atoms with Gasteiger partial charge in [-0.1, -0.05) is 46.8 Å². The van der Waals surface area contributed by atoms with E-state index in [4.69, 9.17) is 44.8 Å². The minimum absolute atomic E-state index is 0.00557. The largest absolute Gasteiger partial charge is 0.462 e. The molecule has 2 aliphatic carbocycles. The van der Waals surface area contributed by atoms with Crippen molar-refractivity contribution in [2.75, 3.05) is 6.61 Å². The van der Waals surface area contributed by atoms with Gasteiger partial charge in [-0.3, -0.25) is 28.8 Å². The molecular weight excluding hydrogens is 692 g/mol. The smallest absolute Gasteiger partial charge is 0.312 e.